The van der Waals surface area contributed by atoms with Gasteiger partial charge in [-0.05, 0) is 0 Å². The zero-order valence-electron chi connectivity index (χ0n) is 11.5. The number of aryl methyl sites for hydroxylation is 1. The van der Waals surface area contributed by atoms with Crippen molar-refractivity contribution < 1.29 is 0 Å². The number of nitrogens with zero attached hydrogens (tertiary/aromatic N) is 9. The number of rotatable bonds is 5. The van der Waals surface area contributed by atoms with E-state index in [4.69, 9.17) is 0 Å². The van der Waals surface area contributed by atoms with Crippen molar-refractivity contribution in [1.29, 1.82) is 0 Å². The number of anilines is 2. The van der Waals surface area contributed by atoms with Crippen LogP contribution in [-0.2, 0) is 13.6 Å². The van der Waals surface area contributed by atoms with Crippen LogP contribution in [0.15, 0.2) is 19.0 Å². The van der Waals surface area contributed by atoms with Crippen LogP contribution >= 0.6 is 0 Å². The van der Waals surface area contributed by atoms with E-state index in [-0.39, 0.29) is 0 Å². The Labute approximate surface area is 119 Å². The molecule has 2 N–H and O–H groups in total. The van der Waals surface area contributed by atoms with Crippen molar-refractivity contribution in [2.24, 2.45) is 7.05 Å². The minimum atomic E-state index is 0.368. The maximum atomic E-state index is 4.28. The van der Waals surface area contributed by atoms with Gasteiger partial charge < -0.3 is 15.2 Å². The van der Waals surface area contributed by atoms with Crippen LogP contribution in [0.2, 0.25) is 0 Å². The first-order chi connectivity index (χ1) is 10.3. The molecule has 0 aliphatic heterocycles. The molecule has 11 heteroatoms. The van der Waals surface area contributed by atoms with E-state index < -0.39 is 0 Å². The molecular formula is C10H13N11. The Balaban J connectivity index is 1.84. The standard InChI is InChI=1S/C10H13N11/c1-11-8-16-9(13-3-7-19-14-6-20(7)2)18-10(17-8)21-5-12-4-15-21/h4-6H,3H2,1-2H3,(H2,11,13,16,17,18). The van der Waals surface area contributed by atoms with E-state index in [2.05, 4.69) is 45.9 Å². The van der Waals surface area contributed by atoms with E-state index in [9.17, 15) is 0 Å². The predicted molar refractivity (Wildman–Crippen MR) is 72.6 cm³/mol. The molecule has 0 amide bonds. The molecule has 0 unspecified atom stereocenters. The van der Waals surface area contributed by atoms with Gasteiger partial charge in [0.15, 0.2) is 5.82 Å². The van der Waals surface area contributed by atoms with Crippen molar-refractivity contribution in [1.82, 2.24) is 44.5 Å². The van der Waals surface area contributed by atoms with Gasteiger partial charge in [-0.3, -0.25) is 0 Å². The number of nitrogens with one attached hydrogen (secondary N) is 2. The molecule has 0 aromatic carbocycles. The highest BCUT2D eigenvalue weighted by Gasteiger charge is 2.09. The van der Waals surface area contributed by atoms with Crippen molar-refractivity contribution in [3.63, 3.8) is 0 Å². The molecule has 0 saturated carbocycles. The topological polar surface area (TPSA) is 124 Å². The summed E-state index contributed by atoms with van der Waals surface area (Å²) in [6, 6.07) is 0. The molecule has 3 aromatic heterocycles. The molecule has 0 spiro atoms. The van der Waals surface area contributed by atoms with Crippen molar-refractivity contribution in [2.45, 2.75) is 6.54 Å². The zero-order chi connectivity index (χ0) is 14.7. The first-order valence-electron chi connectivity index (χ1n) is 6.12. The van der Waals surface area contributed by atoms with Gasteiger partial charge in [0.2, 0.25) is 11.9 Å². The van der Waals surface area contributed by atoms with Crippen LogP contribution in [-0.4, -0.2) is 51.5 Å². The highest BCUT2D eigenvalue weighted by Crippen LogP contribution is 2.08. The van der Waals surface area contributed by atoms with Crippen LogP contribution in [0.25, 0.3) is 5.95 Å². The van der Waals surface area contributed by atoms with E-state index >= 15 is 0 Å². The number of hydrogen-bond donors (Lipinski definition) is 2. The van der Waals surface area contributed by atoms with Crippen LogP contribution in [0.4, 0.5) is 11.9 Å². The lowest BCUT2D eigenvalue weighted by atomic mass is 10.6. The van der Waals surface area contributed by atoms with Gasteiger partial charge in [-0.2, -0.15) is 24.7 Å². The lowest BCUT2D eigenvalue weighted by Gasteiger charge is -2.07. The smallest absolute Gasteiger partial charge is 0.258 e. The van der Waals surface area contributed by atoms with Crippen molar-refractivity contribution in [3.8, 4) is 5.95 Å². The summed E-state index contributed by atoms with van der Waals surface area (Å²) >= 11 is 0. The fourth-order valence-corrected chi connectivity index (χ4v) is 1.59. The third-order valence-corrected chi connectivity index (χ3v) is 2.68. The Morgan fingerprint density at radius 2 is 2.00 bits per heavy atom. The molecule has 0 bridgehead atoms. The van der Waals surface area contributed by atoms with Crippen molar-refractivity contribution >= 4 is 11.9 Å². The minimum Gasteiger partial charge on any atom is -0.357 e. The lowest BCUT2D eigenvalue weighted by molar-refractivity contribution is 0.783. The maximum Gasteiger partial charge on any atom is 0.258 e. The maximum absolute atomic E-state index is 4.28. The molecule has 0 saturated heterocycles. The summed E-state index contributed by atoms with van der Waals surface area (Å²) < 4.78 is 3.27. The molecule has 21 heavy (non-hydrogen) atoms. The SMILES string of the molecule is CNc1nc(NCc2nncn2C)nc(-n2cncn2)n1. The largest absolute Gasteiger partial charge is 0.357 e. The zero-order valence-corrected chi connectivity index (χ0v) is 11.5. The van der Waals surface area contributed by atoms with Crippen LogP contribution in [0, 0.1) is 0 Å². The third kappa shape index (κ3) is 2.75. The first kappa shape index (κ1) is 12.9. The number of hydrogen-bond acceptors (Lipinski definition) is 9. The summed E-state index contributed by atoms with van der Waals surface area (Å²) in [4.78, 5) is 16.6. The Bertz CT molecular complexity index is 716. The van der Waals surface area contributed by atoms with Gasteiger partial charge in [-0.15, -0.1) is 10.2 Å². The molecule has 3 aromatic rings. The Hall–Kier alpha value is -3.11. The normalized spacial score (nSPS) is 10.6. The highest BCUT2D eigenvalue weighted by molar-refractivity contribution is 5.37. The summed E-state index contributed by atoms with van der Waals surface area (Å²) in [6.07, 6.45) is 4.56. The van der Waals surface area contributed by atoms with Crippen molar-refractivity contribution in [3.05, 3.63) is 24.8 Å². The van der Waals surface area contributed by atoms with Crippen LogP contribution in [0.5, 0.6) is 0 Å². The molecule has 3 heterocycles. The average Bonchev–Trinajstić information content (AvgIpc) is 3.16. The van der Waals surface area contributed by atoms with Gasteiger partial charge in [0.1, 0.15) is 19.0 Å². The van der Waals surface area contributed by atoms with E-state index in [1.54, 1.807) is 13.4 Å². The van der Waals surface area contributed by atoms with E-state index in [0.717, 1.165) is 5.82 Å². The fraction of sp³-hybridized carbons (Fsp3) is 0.300. The first-order valence-corrected chi connectivity index (χ1v) is 6.12. The Morgan fingerprint density at radius 3 is 2.67 bits per heavy atom. The minimum absolute atomic E-state index is 0.368. The van der Waals surface area contributed by atoms with E-state index in [1.807, 2.05) is 11.6 Å². The number of aromatic nitrogens is 9. The second kappa shape index (κ2) is 5.48. The van der Waals surface area contributed by atoms with Gasteiger partial charge >= 0.3 is 0 Å². The fourth-order valence-electron chi connectivity index (χ4n) is 1.59. The molecule has 11 nitrogen and oxygen atoms in total. The monoisotopic (exact) mass is 287 g/mol. The van der Waals surface area contributed by atoms with Crippen LogP contribution in [0.3, 0.4) is 0 Å². The third-order valence-electron chi connectivity index (χ3n) is 2.68. The second-order valence-corrected chi connectivity index (χ2v) is 4.08. The Kier molecular flexibility index (Phi) is 3.37. The van der Waals surface area contributed by atoms with Gasteiger partial charge in [0, 0.05) is 14.1 Å². The second-order valence-electron chi connectivity index (χ2n) is 4.08. The molecule has 0 aliphatic carbocycles. The van der Waals surface area contributed by atoms with Crippen LogP contribution in [0.1, 0.15) is 5.82 Å². The summed E-state index contributed by atoms with van der Waals surface area (Å²) in [5.74, 6) is 1.97. The van der Waals surface area contributed by atoms with Gasteiger partial charge in [0.05, 0.1) is 6.54 Å². The van der Waals surface area contributed by atoms with Gasteiger partial charge in [-0.25, -0.2) is 4.98 Å². The summed E-state index contributed by atoms with van der Waals surface area (Å²) in [7, 11) is 3.59. The van der Waals surface area contributed by atoms with E-state index in [0.29, 0.717) is 24.4 Å². The van der Waals surface area contributed by atoms with Gasteiger partial charge in [0.25, 0.3) is 5.95 Å². The molecular weight excluding hydrogens is 274 g/mol. The summed E-state index contributed by atoms with van der Waals surface area (Å²) in [6.45, 7) is 0.445. The summed E-state index contributed by atoms with van der Waals surface area (Å²) in [5, 5.41) is 17.7. The average molecular weight is 287 g/mol. The molecule has 108 valence electrons. The lowest BCUT2D eigenvalue weighted by Crippen LogP contribution is -2.13. The van der Waals surface area contributed by atoms with Crippen molar-refractivity contribution in [2.75, 3.05) is 17.7 Å². The molecule has 3 rings (SSSR count). The molecule has 0 atom stereocenters. The predicted octanol–water partition coefficient (Wildman–Crippen LogP) is -0.765. The van der Waals surface area contributed by atoms with Gasteiger partial charge in [-0.1, -0.05) is 0 Å². The molecule has 0 aliphatic rings. The Morgan fingerprint density at radius 1 is 1.14 bits per heavy atom. The summed E-state index contributed by atoms with van der Waals surface area (Å²) in [5.41, 5.74) is 0. The van der Waals surface area contributed by atoms with Crippen LogP contribution < -0.4 is 10.6 Å². The molecule has 0 radical (unpaired) electrons. The highest BCUT2D eigenvalue weighted by atomic mass is 15.4. The quantitative estimate of drug-likeness (QED) is 0.622. The van der Waals surface area contributed by atoms with E-state index in [1.165, 1.54) is 17.3 Å². The molecule has 0 fully saturated rings.